The molecule has 2 aliphatic carbocycles. The zero-order chi connectivity index (χ0) is 11.9. The Morgan fingerprint density at radius 1 is 1.50 bits per heavy atom. The molecule has 0 amide bonds. The molecule has 4 heteroatoms. The van der Waals surface area contributed by atoms with Gasteiger partial charge < -0.3 is 9.47 Å². The molecule has 1 aliphatic heterocycles. The van der Waals surface area contributed by atoms with Crippen LogP contribution in [0.2, 0.25) is 0 Å². The third-order valence-electron chi connectivity index (χ3n) is 4.87. The minimum Gasteiger partial charge on any atom is -0.468 e. The van der Waals surface area contributed by atoms with Gasteiger partial charge in [-0.05, 0) is 19.9 Å². The average Bonchev–Trinajstić information content (AvgIpc) is 2.70. The van der Waals surface area contributed by atoms with Crippen molar-refractivity contribution in [2.75, 3.05) is 7.11 Å². The highest BCUT2D eigenvalue weighted by Gasteiger charge is 2.95. The Morgan fingerprint density at radius 2 is 2.12 bits per heavy atom. The molecule has 0 spiro atoms. The van der Waals surface area contributed by atoms with Gasteiger partial charge in [0, 0.05) is 11.3 Å². The molecule has 1 saturated carbocycles. The fraction of sp³-hybridized carbons (Fsp3) is 0.667. The van der Waals surface area contributed by atoms with Crippen molar-refractivity contribution in [3.05, 3.63) is 11.6 Å². The van der Waals surface area contributed by atoms with Gasteiger partial charge in [0.05, 0.1) is 7.11 Å². The van der Waals surface area contributed by atoms with Gasteiger partial charge in [0.2, 0.25) is 0 Å². The van der Waals surface area contributed by atoms with Crippen molar-refractivity contribution in [3.8, 4) is 0 Å². The van der Waals surface area contributed by atoms with Gasteiger partial charge in [0.25, 0.3) is 0 Å². The lowest BCUT2D eigenvalue weighted by atomic mass is 9.83. The van der Waals surface area contributed by atoms with Crippen LogP contribution in [0.4, 0.5) is 0 Å². The summed E-state index contributed by atoms with van der Waals surface area (Å²) in [5, 5.41) is 0. The van der Waals surface area contributed by atoms with Gasteiger partial charge in [-0.25, -0.2) is 0 Å². The minimum atomic E-state index is -1.07. The lowest BCUT2D eigenvalue weighted by Gasteiger charge is -2.24. The fourth-order valence-corrected chi connectivity index (χ4v) is 4.07. The molecule has 4 atom stereocenters. The van der Waals surface area contributed by atoms with E-state index >= 15 is 0 Å². The molecule has 0 aromatic heterocycles. The summed E-state index contributed by atoms with van der Waals surface area (Å²) in [7, 11) is 1.32. The van der Waals surface area contributed by atoms with E-state index in [1.807, 2.05) is 26.8 Å². The van der Waals surface area contributed by atoms with Gasteiger partial charge in [-0.3, -0.25) is 9.59 Å². The van der Waals surface area contributed by atoms with Gasteiger partial charge in [0.15, 0.2) is 5.41 Å². The predicted octanol–water partition coefficient (Wildman–Crippen LogP) is 1.06. The Morgan fingerprint density at radius 3 is 2.62 bits per heavy atom. The topological polar surface area (TPSA) is 52.6 Å². The lowest BCUT2D eigenvalue weighted by molar-refractivity contribution is -0.161. The molecule has 3 aliphatic rings. The number of methoxy groups -OCH3 is 1. The smallest absolute Gasteiger partial charge is 0.325 e. The van der Waals surface area contributed by atoms with Gasteiger partial charge >= 0.3 is 11.9 Å². The van der Waals surface area contributed by atoms with Crippen molar-refractivity contribution >= 4 is 11.9 Å². The van der Waals surface area contributed by atoms with E-state index in [2.05, 4.69) is 0 Å². The molecule has 4 nitrogen and oxygen atoms in total. The molecule has 1 saturated heterocycles. The summed E-state index contributed by atoms with van der Waals surface area (Å²) in [6.07, 6.45) is 1.96. The van der Waals surface area contributed by atoms with Crippen LogP contribution >= 0.6 is 0 Å². The van der Waals surface area contributed by atoms with Gasteiger partial charge in [-0.1, -0.05) is 12.5 Å². The van der Waals surface area contributed by atoms with Crippen LogP contribution < -0.4 is 0 Å². The summed E-state index contributed by atoms with van der Waals surface area (Å²) in [6, 6.07) is 0. The first-order valence-electron chi connectivity index (χ1n) is 5.37. The average molecular weight is 222 g/mol. The second kappa shape index (κ2) is 2.19. The number of allylic oxidation sites excluding steroid dienone is 1. The maximum absolute atomic E-state index is 12.0. The fourth-order valence-electron chi connectivity index (χ4n) is 4.07. The quantitative estimate of drug-likeness (QED) is 0.378. The molecule has 86 valence electrons. The SMILES string of the molecule is COC(=O)C12C(=O)O[C@@]3(C)C=C(C)C1[C@@]23C. The van der Waals surface area contributed by atoms with E-state index in [4.69, 9.17) is 9.47 Å². The molecule has 0 bridgehead atoms. The maximum atomic E-state index is 12.0. The largest absolute Gasteiger partial charge is 0.468 e. The molecule has 0 radical (unpaired) electrons. The first-order valence-corrected chi connectivity index (χ1v) is 5.37. The van der Waals surface area contributed by atoms with Crippen LogP contribution in [0.5, 0.6) is 0 Å². The maximum Gasteiger partial charge on any atom is 0.325 e. The number of carbonyl (C=O) groups is 2. The van der Waals surface area contributed by atoms with E-state index < -0.39 is 28.4 Å². The number of hydrogen-bond donors (Lipinski definition) is 0. The summed E-state index contributed by atoms with van der Waals surface area (Å²) in [4.78, 5) is 23.9. The zero-order valence-electron chi connectivity index (χ0n) is 9.79. The molecule has 2 fully saturated rings. The third-order valence-corrected chi connectivity index (χ3v) is 4.87. The van der Waals surface area contributed by atoms with Gasteiger partial charge in [0.1, 0.15) is 5.60 Å². The predicted molar refractivity (Wildman–Crippen MR) is 54.3 cm³/mol. The van der Waals surface area contributed by atoms with E-state index in [1.54, 1.807) is 0 Å². The number of esters is 2. The molecule has 2 unspecified atom stereocenters. The highest BCUT2D eigenvalue weighted by Crippen LogP contribution is 2.84. The first kappa shape index (κ1) is 9.87. The van der Waals surface area contributed by atoms with E-state index in [1.165, 1.54) is 7.11 Å². The van der Waals surface area contributed by atoms with Crippen LogP contribution in [0, 0.1) is 16.7 Å². The van der Waals surface area contributed by atoms with E-state index in [-0.39, 0.29) is 5.92 Å². The third kappa shape index (κ3) is 0.579. The van der Waals surface area contributed by atoms with Crippen LogP contribution in [-0.2, 0) is 19.1 Å². The Hall–Kier alpha value is -1.32. The number of carbonyl (C=O) groups excluding carboxylic acids is 2. The van der Waals surface area contributed by atoms with E-state index in [0.29, 0.717) is 0 Å². The Balaban J connectivity index is 2.22. The number of hydrogen-bond acceptors (Lipinski definition) is 4. The van der Waals surface area contributed by atoms with Crippen LogP contribution in [0.3, 0.4) is 0 Å². The second-order valence-electron chi connectivity index (χ2n) is 5.32. The van der Waals surface area contributed by atoms with Crippen LogP contribution in [0.15, 0.2) is 11.6 Å². The molecular weight excluding hydrogens is 208 g/mol. The Kier molecular flexibility index (Phi) is 1.35. The summed E-state index contributed by atoms with van der Waals surface area (Å²) in [5.74, 6) is -0.928. The molecule has 16 heavy (non-hydrogen) atoms. The number of rotatable bonds is 1. The second-order valence-corrected chi connectivity index (χ2v) is 5.32. The highest BCUT2D eigenvalue weighted by atomic mass is 16.6. The van der Waals surface area contributed by atoms with Crippen molar-refractivity contribution in [3.63, 3.8) is 0 Å². The van der Waals surface area contributed by atoms with Crippen molar-refractivity contribution in [1.82, 2.24) is 0 Å². The summed E-state index contributed by atoms with van der Waals surface area (Å²) in [5.41, 5.74) is -1.11. The van der Waals surface area contributed by atoms with Gasteiger partial charge in [-0.15, -0.1) is 0 Å². The van der Waals surface area contributed by atoms with Crippen LogP contribution in [-0.4, -0.2) is 24.6 Å². The monoisotopic (exact) mass is 222 g/mol. The normalized spacial score (nSPS) is 51.9. The summed E-state index contributed by atoms with van der Waals surface area (Å²) >= 11 is 0. The molecule has 3 rings (SSSR count). The number of fused-ring (bicyclic) bond motifs is 1. The molecule has 0 N–H and O–H groups in total. The van der Waals surface area contributed by atoms with Crippen LogP contribution in [0.25, 0.3) is 0 Å². The van der Waals surface area contributed by atoms with Gasteiger partial charge in [-0.2, -0.15) is 0 Å². The molecule has 1 heterocycles. The molecule has 0 aromatic rings. The summed E-state index contributed by atoms with van der Waals surface area (Å²) < 4.78 is 10.2. The standard InChI is InChI=1S/C12H14O4/c1-6-5-10(2)11(3)7(6)12(11,8(13)15-4)9(14)16-10/h5,7H,1-4H3/t7?,10-,11+,12?/m0/s1. The van der Waals surface area contributed by atoms with E-state index in [9.17, 15) is 9.59 Å². The molecular formula is C12H14O4. The van der Waals surface area contributed by atoms with Crippen LogP contribution in [0.1, 0.15) is 20.8 Å². The first-order chi connectivity index (χ1) is 7.36. The zero-order valence-corrected chi connectivity index (χ0v) is 9.79. The Bertz CT molecular complexity index is 466. The number of ether oxygens (including phenoxy) is 2. The van der Waals surface area contributed by atoms with E-state index in [0.717, 1.165) is 5.57 Å². The summed E-state index contributed by atoms with van der Waals surface area (Å²) in [6.45, 7) is 5.75. The van der Waals surface area contributed by atoms with Crippen molar-refractivity contribution in [1.29, 1.82) is 0 Å². The van der Waals surface area contributed by atoms with Crippen molar-refractivity contribution < 1.29 is 19.1 Å². The highest BCUT2D eigenvalue weighted by molar-refractivity contribution is 6.10. The Labute approximate surface area is 93.6 Å². The van der Waals surface area contributed by atoms with Crippen molar-refractivity contribution in [2.24, 2.45) is 16.7 Å². The lowest BCUT2D eigenvalue weighted by Crippen LogP contribution is -2.32. The molecule has 0 aromatic carbocycles. The minimum absolute atomic E-state index is 0.0429. The van der Waals surface area contributed by atoms with Crippen molar-refractivity contribution in [2.45, 2.75) is 26.4 Å².